The summed E-state index contributed by atoms with van der Waals surface area (Å²) in [5.41, 5.74) is 0. The maximum Gasteiger partial charge on any atom is 0.396 e. The van der Waals surface area contributed by atoms with Crippen molar-refractivity contribution >= 4 is 0 Å². The van der Waals surface area contributed by atoms with Crippen LogP contribution in [0.3, 0.4) is 0 Å². The molecule has 0 saturated heterocycles. The van der Waals surface area contributed by atoms with Gasteiger partial charge in [-0.05, 0) is 13.5 Å². The number of hydrogen-bond acceptors (Lipinski definition) is 4. The average Bonchev–Trinajstić information content (AvgIpc) is 2.50. The number of rotatable bonds is 4. The number of alkyl halides is 3. The normalized spacial score (nSPS) is 14.2. The molecule has 1 N–H and O–H groups in total. The number of nitrogens with zero attached hydrogens (tertiary/aromatic N) is 2. The van der Waals surface area contributed by atoms with E-state index in [9.17, 15) is 13.2 Å². The first-order valence-corrected chi connectivity index (χ1v) is 4.55. The Kier molecular flexibility index (Phi) is 3.67. The van der Waals surface area contributed by atoms with E-state index in [2.05, 4.69) is 15.5 Å². The van der Waals surface area contributed by atoms with E-state index in [1.54, 1.807) is 6.92 Å². The van der Waals surface area contributed by atoms with E-state index in [1.165, 1.54) is 0 Å². The lowest BCUT2D eigenvalue weighted by Gasteiger charge is -2.05. The standard InChI is InChI=1S/C8H12F3N3O/c1-3-12-5(2)7-13-6(14-15-7)4-8(9,10)11/h5,12H,3-4H2,1-2H3. The quantitative estimate of drug-likeness (QED) is 0.846. The van der Waals surface area contributed by atoms with Gasteiger partial charge < -0.3 is 9.84 Å². The van der Waals surface area contributed by atoms with Crippen LogP contribution in [0, 0.1) is 0 Å². The average molecular weight is 223 g/mol. The van der Waals surface area contributed by atoms with E-state index in [4.69, 9.17) is 4.52 Å². The summed E-state index contributed by atoms with van der Waals surface area (Å²) in [5, 5.41) is 6.22. The zero-order valence-electron chi connectivity index (χ0n) is 8.43. The van der Waals surface area contributed by atoms with Crippen LogP contribution in [0.2, 0.25) is 0 Å². The maximum absolute atomic E-state index is 12.0. The minimum atomic E-state index is -4.30. The van der Waals surface area contributed by atoms with E-state index in [0.29, 0.717) is 6.54 Å². The summed E-state index contributed by atoms with van der Waals surface area (Å²) in [7, 11) is 0. The predicted molar refractivity (Wildman–Crippen MR) is 46.1 cm³/mol. The lowest BCUT2D eigenvalue weighted by molar-refractivity contribution is -0.128. The second kappa shape index (κ2) is 4.61. The fourth-order valence-electron chi connectivity index (χ4n) is 1.09. The number of nitrogens with one attached hydrogen (secondary N) is 1. The molecule has 1 atom stereocenters. The van der Waals surface area contributed by atoms with Crippen LogP contribution >= 0.6 is 0 Å². The van der Waals surface area contributed by atoms with Crippen LogP contribution in [0.1, 0.15) is 31.6 Å². The largest absolute Gasteiger partial charge is 0.396 e. The lowest BCUT2D eigenvalue weighted by atomic mass is 10.3. The van der Waals surface area contributed by atoms with Gasteiger partial charge in [0, 0.05) is 0 Å². The lowest BCUT2D eigenvalue weighted by Crippen LogP contribution is -2.18. The van der Waals surface area contributed by atoms with Crippen molar-refractivity contribution in [3.63, 3.8) is 0 Å². The molecule has 0 aliphatic carbocycles. The molecule has 1 unspecified atom stereocenters. The van der Waals surface area contributed by atoms with Gasteiger partial charge in [-0.25, -0.2) is 0 Å². The topological polar surface area (TPSA) is 51.0 Å². The third-order valence-electron chi connectivity index (χ3n) is 1.72. The van der Waals surface area contributed by atoms with Gasteiger partial charge in [0.15, 0.2) is 5.82 Å². The van der Waals surface area contributed by atoms with Crippen molar-refractivity contribution in [2.24, 2.45) is 0 Å². The molecule has 1 heterocycles. The van der Waals surface area contributed by atoms with Crippen molar-refractivity contribution in [1.82, 2.24) is 15.5 Å². The third-order valence-corrected chi connectivity index (χ3v) is 1.72. The number of hydrogen-bond donors (Lipinski definition) is 1. The molecule has 0 fully saturated rings. The number of aromatic nitrogens is 2. The highest BCUT2D eigenvalue weighted by atomic mass is 19.4. The van der Waals surface area contributed by atoms with Crippen molar-refractivity contribution in [3.05, 3.63) is 11.7 Å². The van der Waals surface area contributed by atoms with Crippen LogP contribution < -0.4 is 5.32 Å². The molecule has 1 rings (SSSR count). The molecule has 0 aliphatic rings. The van der Waals surface area contributed by atoms with Crippen molar-refractivity contribution in [3.8, 4) is 0 Å². The second-order valence-electron chi connectivity index (χ2n) is 3.12. The molecular formula is C8H12F3N3O. The van der Waals surface area contributed by atoms with Gasteiger partial charge in [0.05, 0.1) is 6.04 Å². The molecule has 0 radical (unpaired) electrons. The molecular weight excluding hydrogens is 211 g/mol. The highest BCUT2D eigenvalue weighted by Gasteiger charge is 2.30. The SMILES string of the molecule is CCNC(C)c1nc(CC(F)(F)F)no1. The summed E-state index contributed by atoms with van der Waals surface area (Å²) in [5.74, 6) is -0.154. The summed E-state index contributed by atoms with van der Waals surface area (Å²) in [6.07, 6.45) is -5.46. The Bertz CT molecular complexity index is 310. The van der Waals surface area contributed by atoms with Gasteiger partial charge in [-0.2, -0.15) is 18.2 Å². The van der Waals surface area contributed by atoms with E-state index >= 15 is 0 Å². The second-order valence-corrected chi connectivity index (χ2v) is 3.12. The third kappa shape index (κ3) is 3.86. The van der Waals surface area contributed by atoms with Crippen LogP contribution in [0.5, 0.6) is 0 Å². The molecule has 0 saturated carbocycles. The van der Waals surface area contributed by atoms with Crippen molar-refractivity contribution in [1.29, 1.82) is 0 Å². The molecule has 1 aromatic rings. The molecule has 86 valence electrons. The van der Waals surface area contributed by atoms with Crippen LogP contribution in [0.25, 0.3) is 0 Å². The molecule has 0 aliphatic heterocycles. The maximum atomic E-state index is 12.0. The van der Waals surface area contributed by atoms with Gasteiger partial charge in [-0.15, -0.1) is 0 Å². The van der Waals surface area contributed by atoms with Crippen molar-refractivity contribution in [2.45, 2.75) is 32.5 Å². The predicted octanol–water partition coefficient (Wildman–Crippen LogP) is 1.84. The van der Waals surface area contributed by atoms with Crippen molar-refractivity contribution < 1.29 is 17.7 Å². The monoisotopic (exact) mass is 223 g/mol. The zero-order chi connectivity index (χ0) is 11.5. The van der Waals surface area contributed by atoms with E-state index in [1.807, 2.05) is 6.92 Å². The Morgan fingerprint density at radius 3 is 2.67 bits per heavy atom. The van der Waals surface area contributed by atoms with Crippen LogP contribution in [-0.2, 0) is 6.42 Å². The van der Waals surface area contributed by atoms with Gasteiger partial charge in [-0.1, -0.05) is 12.1 Å². The Morgan fingerprint density at radius 1 is 1.47 bits per heavy atom. The van der Waals surface area contributed by atoms with Gasteiger partial charge in [0.2, 0.25) is 5.89 Å². The summed E-state index contributed by atoms with van der Waals surface area (Å²) >= 11 is 0. The Morgan fingerprint density at radius 2 is 2.13 bits per heavy atom. The molecule has 0 amide bonds. The molecule has 7 heteroatoms. The molecule has 0 aromatic carbocycles. The first-order chi connectivity index (χ1) is 6.92. The number of halogens is 3. The summed E-state index contributed by atoms with van der Waals surface area (Å²) in [4.78, 5) is 3.65. The van der Waals surface area contributed by atoms with E-state index in [0.717, 1.165) is 0 Å². The first-order valence-electron chi connectivity index (χ1n) is 4.55. The molecule has 0 spiro atoms. The van der Waals surface area contributed by atoms with Gasteiger partial charge in [-0.3, -0.25) is 0 Å². The fraction of sp³-hybridized carbons (Fsp3) is 0.750. The van der Waals surface area contributed by atoms with E-state index < -0.39 is 12.6 Å². The van der Waals surface area contributed by atoms with Crippen LogP contribution in [0.4, 0.5) is 13.2 Å². The Hall–Kier alpha value is -1.11. The van der Waals surface area contributed by atoms with Crippen molar-refractivity contribution in [2.75, 3.05) is 6.54 Å². The van der Waals surface area contributed by atoms with Crippen LogP contribution in [0.15, 0.2) is 4.52 Å². The fourth-order valence-corrected chi connectivity index (χ4v) is 1.09. The molecule has 1 aromatic heterocycles. The van der Waals surface area contributed by atoms with Crippen LogP contribution in [-0.4, -0.2) is 22.9 Å². The Balaban J connectivity index is 2.64. The first kappa shape index (κ1) is 12.0. The summed E-state index contributed by atoms with van der Waals surface area (Å²) < 4.78 is 40.6. The highest BCUT2D eigenvalue weighted by Crippen LogP contribution is 2.20. The Labute approximate surface area is 84.9 Å². The molecule has 0 bridgehead atoms. The summed E-state index contributed by atoms with van der Waals surface area (Å²) in [6.45, 7) is 4.30. The van der Waals surface area contributed by atoms with Gasteiger partial charge in [0.1, 0.15) is 6.42 Å². The minimum Gasteiger partial charge on any atom is -0.338 e. The zero-order valence-corrected chi connectivity index (χ0v) is 8.43. The smallest absolute Gasteiger partial charge is 0.338 e. The van der Waals surface area contributed by atoms with Gasteiger partial charge in [0.25, 0.3) is 0 Å². The minimum absolute atomic E-state index is 0.177. The summed E-state index contributed by atoms with van der Waals surface area (Å²) in [6, 6.07) is -0.232. The highest BCUT2D eigenvalue weighted by molar-refractivity contribution is 4.92. The molecule has 15 heavy (non-hydrogen) atoms. The molecule has 4 nitrogen and oxygen atoms in total. The van der Waals surface area contributed by atoms with E-state index in [-0.39, 0.29) is 17.8 Å². The van der Waals surface area contributed by atoms with Gasteiger partial charge >= 0.3 is 6.18 Å².